The Labute approximate surface area is 130 Å². The summed E-state index contributed by atoms with van der Waals surface area (Å²) in [5, 5.41) is 1.04. The van der Waals surface area contributed by atoms with Gasteiger partial charge in [-0.25, -0.2) is 0 Å². The summed E-state index contributed by atoms with van der Waals surface area (Å²) in [4.78, 5) is 11.8. The highest BCUT2D eigenvalue weighted by Gasteiger charge is 2.13. The molecule has 0 saturated heterocycles. The molecule has 1 amide bonds. The van der Waals surface area contributed by atoms with Crippen molar-refractivity contribution in [1.29, 1.82) is 0 Å². The van der Waals surface area contributed by atoms with Crippen molar-refractivity contribution in [2.75, 3.05) is 0 Å². The van der Waals surface area contributed by atoms with E-state index < -0.39 is 5.91 Å². The Bertz CT molecular complexity index is 846. The van der Waals surface area contributed by atoms with Crippen molar-refractivity contribution in [3.05, 3.63) is 70.9 Å². The minimum Gasteiger partial charge on any atom is -0.364 e. The van der Waals surface area contributed by atoms with Crippen LogP contribution in [0.5, 0.6) is 0 Å². The summed E-state index contributed by atoms with van der Waals surface area (Å²) in [5.74, 6) is -0.391. The Morgan fingerprint density at radius 2 is 1.91 bits per heavy atom. The van der Waals surface area contributed by atoms with Crippen molar-refractivity contribution in [3.8, 4) is 0 Å². The fraction of sp³-hybridized carbons (Fsp3) is 0.211. The minimum absolute atomic E-state index is 0.391. The van der Waals surface area contributed by atoms with E-state index in [4.69, 9.17) is 5.73 Å². The lowest BCUT2D eigenvalue weighted by Gasteiger charge is -2.11. The maximum Gasteiger partial charge on any atom is 0.265 e. The van der Waals surface area contributed by atoms with Gasteiger partial charge in [-0.2, -0.15) is 0 Å². The van der Waals surface area contributed by atoms with Gasteiger partial charge in [-0.05, 0) is 42.2 Å². The van der Waals surface area contributed by atoms with Gasteiger partial charge in [0.2, 0.25) is 0 Å². The third-order valence-electron chi connectivity index (χ3n) is 4.19. The van der Waals surface area contributed by atoms with Gasteiger partial charge in [0.05, 0.1) is 0 Å². The van der Waals surface area contributed by atoms with E-state index in [-0.39, 0.29) is 0 Å². The van der Waals surface area contributed by atoms with E-state index in [1.807, 2.05) is 34.9 Å². The fourth-order valence-corrected chi connectivity index (χ4v) is 3.02. The second-order valence-corrected chi connectivity index (χ2v) is 5.65. The van der Waals surface area contributed by atoms with E-state index in [1.54, 1.807) is 0 Å². The normalized spacial score (nSPS) is 11.0. The van der Waals surface area contributed by atoms with Crippen LogP contribution >= 0.6 is 0 Å². The van der Waals surface area contributed by atoms with Crippen LogP contribution in [0, 0.1) is 6.92 Å². The van der Waals surface area contributed by atoms with Crippen molar-refractivity contribution < 1.29 is 4.79 Å². The molecule has 112 valence electrons. The molecule has 0 aliphatic carbocycles. The van der Waals surface area contributed by atoms with E-state index in [1.165, 1.54) is 16.7 Å². The van der Waals surface area contributed by atoms with Gasteiger partial charge in [-0.3, -0.25) is 4.79 Å². The number of rotatable bonds is 4. The first-order valence-electron chi connectivity index (χ1n) is 7.56. The summed E-state index contributed by atoms with van der Waals surface area (Å²) in [5.41, 5.74) is 11.0. The second kappa shape index (κ2) is 5.68. The summed E-state index contributed by atoms with van der Waals surface area (Å²) < 4.78 is 2.00. The van der Waals surface area contributed by atoms with Crippen LogP contribution in [-0.4, -0.2) is 10.5 Å². The molecule has 2 N–H and O–H groups in total. The van der Waals surface area contributed by atoms with Crippen LogP contribution in [0.25, 0.3) is 10.9 Å². The minimum atomic E-state index is -0.391. The number of hydrogen-bond acceptors (Lipinski definition) is 1. The maximum absolute atomic E-state index is 11.8. The molecular weight excluding hydrogens is 272 g/mol. The van der Waals surface area contributed by atoms with Gasteiger partial charge in [0.15, 0.2) is 0 Å². The van der Waals surface area contributed by atoms with E-state index in [0.29, 0.717) is 12.2 Å². The number of fused-ring (bicyclic) bond motifs is 1. The number of aryl methyl sites for hydroxylation is 2. The lowest BCUT2D eigenvalue weighted by atomic mass is 10.0. The van der Waals surface area contributed by atoms with E-state index in [0.717, 1.165) is 17.3 Å². The SMILES string of the molecule is CCc1ccc(Cn2c(C(N)=O)cc3ccccc32)cc1C. The number of para-hydroxylation sites is 1. The van der Waals surface area contributed by atoms with Crippen LogP contribution in [0.2, 0.25) is 0 Å². The summed E-state index contributed by atoms with van der Waals surface area (Å²) in [6, 6.07) is 16.3. The number of benzene rings is 2. The van der Waals surface area contributed by atoms with Crippen LogP contribution in [0.15, 0.2) is 48.5 Å². The molecule has 3 heteroatoms. The van der Waals surface area contributed by atoms with Gasteiger partial charge in [0.1, 0.15) is 5.69 Å². The predicted molar refractivity (Wildman–Crippen MR) is 90.1 cm³/mol. The summed E-state index contributed by atoms with van der Waals surface area (Å²) in [7, 11) is 0. The lowest BCUT2D eigenvalue weighted by molar-refractivity contribution is 0.0992. The Hall–Kier alpha value is -2.55. The van der Waals surface area contributed by atoms with Gasteiger partial charge in [0.25, 0.3) is 5.91 Å². The zero-order chi connectivity index (χ0) is 15.7. The molecule has 0 spiro atoms. The molecule has 0 fully saturated rings. The molecule has 0 radical (unpaired) electrons. The van der Waals surface area contributed by atoms with Crippen LogP contribution in [0.3, 0.4) is 0 Å². The first kappa shape index (κ1) is 14.4. The molecule has 3 aromatic rings. The number of hydrogen-bond donors (Lipinski definition) is 1. The maximum atomic E-state index is 11.8. The Morgan fingerprint density at radius 1 is 1.14 bits per heavy atom. The molecule has 1 heterocycles. The Kier molecular flexibility index (Phi) is 3.72. The van der Waals surface area contributed by atoms with Gasteiger partial charge < -0.3 is 10.3 Å². The van der Waals surface area contributed by atoms with Gasteiger partial charge in [-0.1, -0.05) is 43.3 Å². The van der Waals surface area contributed by atoms with Crippen LogP contribution < -0.4 is 5.73 Å². The average molecular weight is 292 g/mol. The Balaban J connectivity index is 2.08. The first-order valence-corrected chi connectivity index (χ1v) is 7.56. The molecule has 0 unspecified atom stereocenters. The van der Waals surface area contributed by atoms with Crippen molar-refractivity contribution in [1.82, 2.24) is 4.57 Å². The van der Waals surface area contributed by atoms with E-state index >= 15 is 0 Å². The van der Waals surface area contributed by atoms with Crippen molar-refractivity contribution >= 4 is 16.8 Å². The fourth-order valence-electron chi connectivity index (χ4n) is 3.02. The lowest BCUT2D eigenvalue weighted by Crippen LogP contribution is -2.17. The van der Waals surface area contributed by atoms with Crippen LogP contribution in [0.1, 0.15) is 34.1 Å². The quantitative estimate of drug-likeness (QED) is 0.783. The number of nitrogens with zero attached hydrogens (tertiary/aromatic N) is 1. The monoisotopic (exact) mass is 292 g/mol. The number of carbonyl (C=O) groups excluding carboxylic acids is 1. The van der Waals surface area contributed by atoms with Crippen LogP contribution in [-0.2, 0) is 13.0 Å². The van der Waals surface area contributed by atoms with Crippen LogP contribution in [0.4, 0.5) is 0 Å². The van der Waals surface area contributed by atoms with Gasteiger partial charge in [0, 0.05) is 17.4 Å². The summed E-state index contributed by atoms with van der Waals surface area (Å²) in [6.07, 6.45) is 1.03. The molecule has 22 heavy (non-hydrogen) atoms. The third-order valence-corrected chi connectivity index (χ3v) is 4.19. The van der Waals surface area contributed by atoms with E-state index in [9.17, 15) is 4.79 Å². The van der Waals surface area contributed by atoms with Crippen molar-refractivity contribution in [2.45, 2.75) is 26.8 Å². The first-order chi connectivity index (χ1) is 10.6. The standard InChI is InChI=1S/C19H20N2O/c1-3-15-9-8-14(10-13(15)2)12-21-17-7-5-4-6-16(17)11-18(21)19(20)22/h4-11H,3,12H2,1-2H3,(H2,20,22). The van der Waals surface area contributed by atoms with Gasteiger partial charge in [-0.15, -0.1) is 0 Å². The molecule has 0 aliphatic heterocycles. The number of nitrogens with two attached hydrogens (primary N) is 1. The number of primary amides is 1. The highest BCUT2D eigenvalue weighted by molar-refractivity contribution is 5.97. The molecule has 3 rings (SSSR count). The highest BCUT2D eigenvalue weighted by atomic mass is 16.1. The largest absolute Gasteiger partial charge is 0.364 e. The zero-order valence-corrected chi connectivity index (χ0v) is 13.0. The summed E-state index contributed by atoms with van der Waals surface area (Å²) >= 11 is 0. The molecular formula is C19H20N2O. The van der Waals surface area contributed by atoms with Crippen molar-refractivity contribution in [3.63, 3.8) is 0 Å². The molecule has 0 saturated carbocycles. The number of carbonyl (C=O) groups is 1. The Morgan fingerprint density at radius 3 is 2.59 bits per heavy atom. The zero-order valence-electron chi connectivity index (χ0n) is 13.0. The molecule has 1 aromatic heterocycles. The van der Waals surface area contributed by atoms with Crippen molar-refractivity contribution in [2.24, 2.45) is 5.73 Å². The summed E-state index contributed by atoms with van der Waals surface area (Å²) in [6.45, 7) is 4.94. The third kappa shape index (κ3) is 2.50. The molecule has 0 atom stereocenters. The van der Waals surface area contributed by atoms with E-state index in [2.05, 4.69) is 32.0 Å². The number of aromatic nitrogens is 1. The highest BCUT2D eigenvalue weighted by Crippen LogP contribution is 2.22. The smallest absolute Gasteiger partial charge is 0.265 e. The average Bonchev–Trinajstić information content (AvgIpc) is 2.87. The molecule has 0 aliphatic rings. The predicted octanol–water partition coefficient (Wildman–Crippen LogP) is 3.66. The van der Waals surface area contributed by atoms with Gasteiger partial charge >= 0.3 is 0 Å². The second-order valence-electron chi connectivity index (χ2n) is 5.65. The molecule has 2 aromatic carbocycles. The molecule has 0 bridgehead atoms. The number of amides is 1. The topological polar surface area (TPSA) is 48.0 Å². The molecule has 3 nitrogen and oxygen atoms in total.